The van der Waals surface area contributed by atoms with Crippen LogP contribution < -0.4 is 10.1 Å². The van der Waals surface area contributed by atoms with E-state index < -0.39 is 23.4 Å². The molecule has 2 aromatic carbocycles. The van der Waals surface area contributed by atoms with Gasteiger partial charge in [0.1, 0.15) is 17.1 Å². The summed E-state index contributed by atoms with van der Waals surface area (Å²) in [5.41, 5.74) is 1.00. The van der Waals surface area contributed by atoms with E-state index in [2.05, 4.69) is 31.4 Å². The van der Waals surface area contributed by atoms with Gasteiger partial charge in [0.05, 0.1) is 23.8 Å². The van der Waals surface area contributed by atoms with Gasteiger partial charge in [0, 0.05) is 10.0 Å². The van der Waals surface area contributed by atoms with Gasteiger partial charge in [-0.15, -0.1) is 0 Å². The maximum Gasteiger partial charge on any atom is 0.356 e. The molecule has 0 saturated heterocycles. The van der Waals surface area contributed by atoms with Crippen LogP contribution in [0.25, 0.3) is 11.3 Å². The third-order valence-electron chi connectivity index (χ3n) is 3.95. The van der Waals surface area contributed by atoms with Gasteiger partial charge in [-0.2, -0.15) is 5.10 Å². The number of nitro groups is 1. The van der Waals surface area contributed by atoms with Crippen LogP contribution in [-0.2, 0) is 9.53 Å². The van der Waals surface area contributed by atoms with E-state index in [4.69, 9.17) is 9.47 Å². The Labute approximate surface area is 178 Å². The van der Waals surface area contributed by atoms with Crippen LogP contribution in [-0.4, -0.2) is 40.7 Å². The summed E-state index contributed by atoms with van der Waals surface area (Å²) in [5.74, 6) is -1.25. The molecule has 154 valence electrons. The van der Waals surface area contributed by atoms with E-state index in [-0.39, 0.29) is 22.8 Å². The molecule has 0 aliphatic heterocycles. The van der Waals surface area contributed by atoms with Gasteiger partial charge in [-0.1, -0.05) is 28.1 Å². The van der Waals surface area contributed by atoms with E-state index in [1.807, 2.05) is 24.3 Å². The Kier molecular flexibility index (Phi) is 6.42. The first-order valence-electron chi connectivity index (χ1n) is 8.48. The summed E-state index contributed by atoms with van der Waals surface area (Å²) in [6.45, 7) is -0.630. The van der Waals surface area contributed by atoms with Crippen molar-refractivity contribution in [2.45, 2.75) is 0 Å². The minimum absolute atomic E-state index is 0.0408. The first-order valence-corrected chi connectivity index (χ1v) is 9.27. The van der Waals surface area contributed by atoms with E-state index in [0.29, 0.717) is 5.69 Å². The van der Waals surface area contributed by atoms with Gasteiger partial charge >= 0.3 is 5.97 Å². The lowest BCUT2D eigenvalue weighted by atomic mass is 10.1. The second-order valence-corrected chi connectivity index (χ2v) is 6.85. The standard InChI is InChI=1S/C19H15BrN4O6/c1-29-13-6-7-14(17(8-13)24(27)28)21-18(25)10-30-19(26)16-9-15(22-23-16)11-2-4-12(20)5-3-11/h2-9H,10H2,1H3,(H,21,25)(H,22,23). The first-order chi connectivity index (χ1) is 14.4. The van der Waals surface area contributed by atoms with Crippen LogP contribution in [0.15, 0.2) is 53.0 Å². The Bertz CT molecular complexity index is 1100. The number of carbonyl (C=O) groups is 2. The quantitative estimate of drug-likeness (QED) is 0.303. The first kappa shape index (κ1) is 21.0. The Hall–Kier alpha value is -3.73. The van der Waals surface area contributed by atoms with Crippen LogP contribution in [0.3, 0.4) is 0 Å². The number of aromatic amines is 1. The molecule has 0 fully saturated rings. The highest BCUT2D eigenvalue weighted by molar-refractivity contribution is 9.10. The van der Waals surface area contributed by atoms with E-state index >= 15 is 0 Å². The molecule has 10 nitrogen and oxygen atoms in total. The molecular weight excluding hydrogens is 460 g/mol. The maximum atomic E-state index is 12.2. The number of hydrogen-bond donors (Lipinski definition) is 2. The van der Waals surface area contributed by atoms with Crippen LogP contribution in [0.5, 0.6) is 5.75 Å². The zero-order valence-corrected chi connectivity index (χ0v) is 17.1. The predicted octanol–water partition coefficient (Wildman–Crippen LogP) is 3.55. The molecule has 1 heterocycles. The van der Waals surface area contributed by atoms with Crippen molar-refractivity contribution in [2.75, 3.05) is 19.0 Å². The average Bonchev–Trinajstić information content (AvgIpc) is 3.23. The molecule has 0 radical (unpaired) electrons. The summed E-state index contributed by atoms with van der Waals surface area (Å²) in [6.07, 6.45) is 0. The topological polar surface area (TPSA) is 136 Å². The van der Waals surface area contributed by atoms with Crippen molar-refractivity contribution in [3.63, 3.8) is 0 Å². The highest BCUT2D eigenvalue weighted by Gasteiger charge is 2.19. The third kappa shape index (κ3) is 5.00. The molecule has 3 aromatic rings. The number of ether oxygens (including phenoxy) is 2. The molecule has 0 unspecified atom stereocenters. The largest absolute Gasteiger partial charge is 0.496 e. The van der Waals surface area contributed by atoms with Gasteiger partial charge in [0.15, 0.2) is 6.61 Å². The number of carbonyl (C=O) groups excluding carboxylic acids is 2. The van der Waals surface area contributed by atoms with Crippen LogP contribution in [0, 0.1) is 10.1 Å². The van der Waals surface area contributed by atoms with Crippen molar-refractivity contribution in [2.24, 2.45) is 0 Å². The molecule has 3 rings (SSSR count). The van der Waals surface area contributed by atoms with E-state index in [9.17, 15) is 19.7 Å². The number of aromatic nitrogens is 2. The summed E-state index contributed by atoms with van der Waals surface area (Å²) < 4.78 is 10.8. The van der Waals surface area contributed by atoms with Crippen LogP contribution in [0.4, 0.5) is 11.4 Å². The van der Waals surface area contributed by atoms with Crippen molar-refractivity contribution in [3.05, 3.63) is 68.8 Å². The van der Waals surface area contributed by atoms with E-state index in [0.717, 1.165) is 10.0 Å². The van der Waals surface area contributed by atoms with Crippen LogP contribution in [0.1, 0.15) is 10.5 Å². The molecular formula is C19H15BrN4O6. The number of rotatable bonds is 7. The number of nitrogens with zero attached hydrogens (tertiary/aromatic N) is 2. The molecule has 11 heteroatoms. The molecule has 0 atom stereocenters. The lowest BCUT2D eigenvalue weighted by molar-refractivity contribution is -0.384. The molecule has 30 heavy (non-hydrogen) atoms. The molecule has 1 aromatic heterocycles. The number of nitro benzene ring substituents is 1. The SMILES string of the molecule is COc1ccc(NC(=O)COC(=O)c2cc(-c3ccc(Br)cc3)n[nH]2)c([N+](=O)[O-])c1. The molecule has 0 spiro atoms. The minimum atomic E-state index is -0.787. The summed E-state index contributed by atoms with van der Waals surface area (Å²) in [7, 11) is 1.37. The Morgan fingerprint density at radius 2 is 1.93 bits per heavy atom. The van der Waals surface area contributed by atoms with Crippen LogP contribution >= 0.6 is 15.9 Å². The Morgan fingerprint density at radius 1 is 1.20 bits per heavy atom. The maximum absolute atomic E-state index is 12.2. The number of amides is 1. The molecule has 0 saturated carbocycles. The summed E-state index contributed by atoms with van der Waals surface area (Å²) in [5, 5.41) is 20.1. The lowest BCUT2D eigenvalue weighted by Gasteiger charge is -2.08. The van der Waals surface area contributed by atoms with Crippen molar-refractivity contribution in [1.29, 1.82) is 0 Å². The fourth-order valence-electron chi connectivity index (χ4n) is 2.49. The fourth-order valence-corrected chi connectivity index (χ4v) is 2.75. The van der Waals surface area contributed by atoms with Gasteiger partial charge in [-0.3, -0.25) is 20.0 Å². The zero-order chi connectivity index (χ0) is 21.7. The number of methoxy groups -OCH3 is 1. The molecule has 1 amide bonds. The smallest absolute Gasteiger partial charge is 0.356 e. The number of H-pyrrole nitrogens is 1. The highest BCUT2D eigenvalue weighted by Crippen LogP contribution is 2.29. The van der Waals surface area contributed by atoms with Gasteiger partial charge < -0.3 is 14.8 Å². The summed E-state index contributed by atoms with van der Waals surface area (Å²) in [4.78, 5) is 34.7. The lowest BCUT2D eigenvalue weighted by Crippen LogP contribution is -2.21. The normalized spacial score (nSPS) is 10.3. The van der Waals surface area contributed by atoms with Gasteiger partial charge in [0.25, 0.3) is 11.6 Å². The minimum Gasteiger partial charge on any atom is -0.496 e. The van der Waals surface area contributed by atoms with Crippen molar-refractivity contribution < 1.29 is 24.0 Å². The third-order valence-corrected chi connectivity index (χ3v) is 4.48. The second kappa shape index (κ2) is 9.18. The summed E-state index contributed by atoms with van der Waals surface area (Å²) in [6, 6.07) is 12.8. The number of halogens is 1. The van der Waals surface area contributed by atoms with Crippen molar-refractivity contribution in [3.8, 4) is 17.0 Å². The Morgan fingerprint density at radius 3 is 2.60 bits per heavy atom. The number of anilines is 1. The van der Waals surface area contributed by atoms with Gasteiger partial charge in [-0.25, -0.2) is 4.79 Å². The summed E-state index contributed by atoms with van der Waals surface area (Å²) >= 11 is 3.34. The average molecular weight is 475 g/mol. The predicted molar refractivity (Wildman–Crippen MR) is 110 cm³/mol. The number of hydrogen-bond acceptors (Lipinski definition) is 7. The molecule has 2 N–H and O–H groups in total. The fraction of sp³-hybridized carbons (Fsp3) is 0.105. The zero-order valence-electron chi connectivity index (χ0n) is 15.5. The number of nitrogens with one attached hydrogen (secondary N) is 2. The number of benzene rings is 2. The van der Waals surface area contributed by atoms with Crippen molar-refractivity contribution >= 4 is 39.2 Å². The van der Waals surface area contributed by atoms with Crippen molar-refractivity contribution in [1.82, 2.24) is 10.2 Å². The van der Waals surface area contributed by atoms with Crippen LogP contribution in [0.2, 0.25) is 0 Å². The molecule has 0 aliphatic carbocycles. The van der Waals surface area contributed by atoms with E-state index in [1.54, 1.807) is 0 Å². The monoisotopic (exact) mass is 474 g/mol. The second-order valence-electron chi connectivity index (χ2n) is 5.94. The number of esters is 1. The van der Waals surface area contributed by atoms with Gasteiger partial charge in [0.2, 0.25) is 0 Å². The van der Waals surface area contributed by atoms with E-state index in [1.165, 1.54) is 31.4 Å². The Balaban J connectivity index is 1.61. The molecule has 0 aliphatic rings. The highest BCUT2D eigenvalue weighted by atomic mass is 79.9. The van der Waals surface area contributed by atoms with Gasteiger partial charge in [-0.05, 0) is 30.3 Å². The molecule has 0 bridgehead atoms.